The van der Waals surface area contributed by atoms with Crippen LogP contribution < -0.4 is 5.32 Å². The third kappa shape index (κ3) is 3.11. The number of furan rings is 1. The van der Waals surface area contributed by atoms with Crippen molar-refractivity contribution in [1.82, 2.24) is 9.88 Å². The van der Waals surface area contributed by atoms with E-state index in [2.05, 4.69) is 5.32 Å². The van der Waals surface area contributed by atoms with Crippen molar-refractivity contribution >= 4 is 5.91 Å². The lowest BCUT2D eigenvalue weighted by molar-refractivity contribution is 0.0940. The molecule has 0 spiro atoms. The summed E-state index contributed by atoms with van der Waals surface area (Å²) in [6.45, 7) is 3.98. The molecule has 0 saturated heterocycles. The third-order valence-electron chi connectivity index (χ3n) is 3.31. The average molecular weight is 276 g/mol. The maximum absolute atomic E-state index is 12.0. The second-order valence-electron chi connectivity index (χ2n) is 4.93. The van der Waals surface area contributed by atoms with Crippen molar-refractivity contribution < 1.29 is 14.3 Å². The predicted octanol–water partition coefficient (Wildman–Crippen LogP) is 2.09. The van der Waals surface area contributed by atoms with Crippen LogP contribution in [0.3, 0.4) is 0 Å². The predicted molar refractivity (Wildman–Crippen MR) is 75.5 cm³/mol. The fourth-order valence-electron chi connectivity index (χ4n) is 2.24. The van der Waals surface area contributed by atoms with Gasteiger partial charge in [0.2, 0.25) is 0 Å². The van der Waals surface area contributed by atoms with Crippen LogP contribution in [0.1, 0.15) is 40.1 Å². The molecule has 0 unspecified atom stereocenters. The Morgan fingerprint density at radius 2 is 2.25 bits per heavy atom. The Bertz CT molecular complexity index is 598. The molecular formula is C15H20N2O3. The van der Waals surface area contributed by atoms with Gasteiger partial charge in [0.25, 0.3) is 5.91 Å². The Kier molecular flexibility index (Phi) is 4.29. The molecular weight excluding hydrogens is 256 g/mol. The highest BCUT2D eigenvalue weighted by atomic mass is 16.3. The van der Waals surface area contributed by atoms with E-state index < -0.39 is 6.10 Å². The summed E-state index contributed by atoms with van der Waals surface area (Å²) in [4.78, 5) is 12.0. The number of hydrogen-bond donors (Lipinski definition) is 2. The first kappa shape index (κ1) is 14.4. The Hall–Kier alpha value is -2.01. The summed E-state index contributed by atoms with van der Waals surface area (Å²) in [5.41, 5.74) is 1.39. The lowest BCUT2D eigenvalue weighted by Gasteiger charge is -2.12. The van der Waals surface area contributed by atoms with E-state index in [1.54, 1.807) is 13.0 Å². The molecule has 0 saturated carbocycles. The molecule has 2 aromatic heterocycles. The number of aliphatic hydroxyl groups is 1. The van der Waals surface area contributed by atoms with Crippen molar-refractivity contribution in [3.05, 3.63) is 47.2 Å². The summed E-state index contributed by atoms with van der Waals surface area (Å²) < 4.78 is 7.20. The Morgan fingerprint density at radius 1 is 1.50 bits per heavy atom. The van der Waals surface area contributed by atoms with E-state index in [0.717, 1.165) is 11.5 Å². The van der Waals surface area contributed by atoms with E-state index in [1.807, 2.05) is 36.9 Å². The van der Waals surface area contributed by atoms with Gasteiger partial charge < -0.3 is 19.4 Å². The van der Waals surface area contributed by atoms with E-state index in [9.17, 15) is 9.90 Å². The molecule has 0 aliphatic rings. The van der Waals surface area contributed by atoms with E-state index in [4.69, 9.17) is 4.42 Å². The van der Waals surface area contributed by atoms with Gasteiger partial charge in [-0.3, -0.25) is 4.79 Å². The zero-order chi connectivity index (χ0) is 14.7. The molecule has 0 aliphatic heterocycles. The normalized spacial score (nSPS) is 12.4. The monoisotopic (exact) mass is 276 g/mol. The number of amides is 1. The highest BCUT2D eigenvalue weighted by Gasteiger charge is 2.14. The van der Waals surface area contributed by atoms with E-state index >= 15 is 0 Å². The minimum absolute atomic E-state index is 0.168. The summed E-state index contributed by atoms with van der Waals surface area (Å²) in [7, 11) is 1.88. The summed E-state index contributed by atoms with van der Waals surface area (Å²) >= 11 is 0. The van der Waals surface area contributed by atoms with Crippen molar-refractivity contribution in [1.29, 1.82) is 0 Å². The molecule has 108 valence electrons. The van der Waals surface area contributed by atoms with Crippen LogP contribution in [0.5, 0.6) is 0 Å². The van der Waals surface area contributed by atoms with Gasteiger partial charge in [-0.05, 0) is 38.5 Å². The van der Waals surface area contributed by atoms with E-state index in [1.165, 1.54) is 0 Å². The molecule has 1 amide bonds. The molecule has 20 heavy (non-hydrogen) atoms. The highest BCUT2D eigenvalue weighted by Crippen LogP contribution is 2.16. The summed E-state index contributed by atoms with van der Waals surface area (Å²) in [5.74, 6) is 1.16. The largest absolute Gasteiger partial charge is 0.466 e. The molecule has 0 aromatic carbocycles. The van der Waals surface area contributed by atoms with E-state index in [-0.39, 0.29) is 5.91 Å². The average Bonchev–Trinajstić information content (AvgIpc) is 2.95. The molecule has 2 N–H and O–H groups in total. The Balaban J connectivity index is 1.86. The van der Waals surface area contributed by atoms with Crippen LogP contribution in [0.4, 0.5) is 0 Å². The van der Waals surface area contributed by atoms with Crippen molar-refractivity contribution in [2.24, 2.45) is 7.05 Å². The maximum Gasteiger partial charge on any atom is 0.254 e. The van der Waals surface area contributed by atoms with Crippen molar-refractivity contribution in [3.63, 3.8) is 0 Å². The van der Waals surface area contributed by atoms with Crippen LogP contribution in [0.25, 0.3) is 0 Å². The van der Waals surface area contributed by atoms with Crippen LogP contribution in [-0.4, -0.2) is 22.1 Å². The SMILES string of the molecule is Cc1cc(C(=O)NCC[C@H](O)c2cccn2C)c(C)o1. The van der Waals surface area contributed by atoms with Crippen molar-refractivity contribution in [2.75, 3.05) is 6.54 Å². The van der Waals surface area contributed by atoms with Crippen molar-refractivity contribution in [2.45, 2.75) is 26.4 Å². The molecule has 0 fully saturated rings. The van der Waals surface area contributed by atoms with Crippen LogP contribution in [-0.2, 0) is 7.05 Å². The minimum atomic E-state index is -0.581. The van der Waals surface area contributed by atoms with Crippen LogP contribution in [0, 0.1) is 13.8 Å². The smallest absolute Gasteiger partial charge is 0.254 e. The fourth-order valence-corrected chi connectivity index (χ4v) is 2.24. The summed E-state index contributed by atoms with van der Waals surface area (Å²) in [6, 6.07) is 5.48. The first-order valence-electron chi connectivity index (χ1n) is 6.63. The molecule has 5 nitrogen and oxygen atoms in total. The van der Waals surface area contributed by atoms with Gasteiger partial charge in [0.1, 0.15) is 11.5 Å². The van der Waals surface area contributed by atoms with Crippen molar-refractivity contribution in [3.8, 4) is 0 Å². The lowest BCUT2D eigenvalue weighted by Crippen LogP contribution is -2.26. The number of nitrogens with zero attached hydrogens (tertiary/aromatic N) is 1. The number of nitrogens with one attached hydrogen (secondary N) is 1. The number of rotatable bonds is 5. The van der Waals surface area contributed by atoms with Gasteiger partial charge in [0.05, 0.1) is 11.7 Å². The number of aliphatic hydroxyl groups excluding tert-OH is 1. The summed E-state index contributed by atoms with van der Waals surface area (Å²) in [5, 5.41) is 12.8. The molecule has 1 atom stereocenters. The summed E-state index contributed by atoms with van der Waals surface area (Å²) in [6.07, 6.45) is 1.77. The topological polar surface area (TPSA) is 67.4 Å². The van der Waals surface area contributed by atoms with Gasteiger partial charge in [-0.2, -0.15) is 0 Å². The number of carbonyl (C=O) groups is 1. The molecule has 2 heterocycles. The van der Waals surface area contributed by atoms with Gasteiger partial charge >= 0.3 is 0 Å². The van der Waals surface area contributed by atoms with Crippen LogP contribution in [0.15, 0.2) is 28.8 Å². The lowest BCUT2D eigenvalue weighted by atomic mass is 10.2. The molecule has 0 bridgehead atoms. The van der Waals surface area contributed by atoms with Gasteiger partial charge in [0, 0.05) is 25.5 Å². The number of aryl methyl sites for hydroxylation is 3. The zero-order valence-corrected chi connectivity index (χ0v) is 12.0. The highest BCUT2D eigenvalue weighted by molar-refractivity contribution is 5.95. The fraction of sp³-hybridized carbons (Fsp3) is 0.400. The van der Waals surface area contributed by atoms with Gasteiger partial charge in [-0.25, -0.2) is 0 Å². The van der Waals surface area contributed by atoms with Gasteiger partial charge in [-0.15, -0.1) is 0 Å². The maximum atomic E-state index is 12.0. The van der Waals surface area contributed by atoms with Gasteiger partial charge in [0.15, 0.2) is 0 Å². The molecule has 5 heteroatoms. The Morgan fingerprint density at radius 3 is 2.80 bits per heavy atom. The third-order valence-corrected chi connectivity index (χ3v) is 3.31. The molecule has 2 rings (SSSR count). The quantitative estimate of drug-likeness (QED) is 0.878. The number of carbonyl (C=O) groups excluding carboxylic acids is 1. The second-order valence-corrected chi connectivity index (χ2v) is 4.93. The number of hydrogen-bond acceptors (Lipinski definition) is 3. The Labute approximate surface area is 118 Å². The first-order chi connectivity index (χ1) is 9.49. The standard InChI is InChI=1S/C15H20N2O3/c1-10-9-12(11(2)20-10)15(19)16-7-6-14(18)13-5-4-8-17(13)3/h4-5,8-9,14,18H,6-7H2,1-3H3,(H,16,19)/t14-/m0/s1. The van der Waals surface area contributed by atoms with Crippen LogP contribution in [0.2, 0.25) is 0 Å². The second kappa shape index (κ2) is 5.96. The van der Waals surface area contributed by atoms with Crippen LogP contribution >= 0.6 is 0 Å². The van der Waals surface area contributed by atoms with E-state index in [0.29, 0.717) is 24.3 Å². The van der Waals surface area contributed by atoms with Gasteiger partial charge in [-0.1, -0.05) is 0 Å². The first-order valence-corrected chi connectivity index (χ1v) is 6.63. The molecule has 0 aliphatic carbocycles. The zero-order valence-electron chi connectivity index (χ0n) is 12.0. The minimum Gasteiger partial charge on any atom is -0.466 e. The molecule has 0 radical (unpaired) electrons. The number of aromatic nitrogens is 1. The molecule has 2 aromatic rings.